The summed E-state index contributed by atoms with van der Waals surface area (Å²) >= 11 is 7.26. The molecule has 1 saturated heterocycles. The first kappa shape index (κ1) is 16.4. The van der Waals surface area contributed by atoms with E-state index in [9.17, 15) is 13.2 Å². The summed E-state index contributed by atoms with van der Waals surface area (Å²) in [6.45, 7) is 1.93. The van der Waals surface area contributed by atoms with Crippen molar-refractivity contribution < 1.29 is 13.2 Å². The van der Waals surface area contributed by atoms with Gasteiger partial charge in [-0.05, 0) is 25.5 Å². The van der Waals surface area contributed by atoms with E-state index in [2.05, 4.69) is 10.3 Å². The van der Waals surface area contributed by atoms with E-state index in [0.717, 1.165) is 16.1 Å². The molecule has 1 aromatic carbocycles. The Balaban J connectivity index is 1.76. The number of thiazole rings is 1. The molecular weight excluding hydrogens is 356 g/mol. The molecule has 1 amide bonds. The summed E-state index contributed by atoms with van der Waals surface area (Å²) in [7, 11) is -3.07. The normalized spacial score (nSPS) is 19.7. The van der Waals surface area contributed by atoms with E-state index in [1.54, 1.807) is 12.1 Å². The van der Waals surface area contributed by atoms with Crippen LogP contribution in [0.25, 0.3) is 11.3 Å². The molecule has 0 spiro atoms. The minimum absolute atomic E-state index is 0.0762. The first-order chi connectivity index (χ1) is 10.8. The average Bonchev–Trinajstić information content (AvgIpc) is 3.02. The van der Waals surface area contributed by atoms with Crippen molar-refractivity contribution in [2.45, 2.75) is 13.3 Å². The van der Waals surface area contributed by atoms with Gasteiger partial charge in [0.05, 0.1) is 23.1 Å². The van der Waals surface area contributed by atoms with Gasteiger partial charge in [-0.25, -0.2) is 13.4 Å². The van der Waals surface area contributed by atoms with Crippen LogP contribution in [0.1, 0.15) is 11.3 Å². The van der Waals surface area contributed by atoms with Gasteiger partial charge in [0.25, 0.3) is 0 Å². The molecule has 8 heteroatoms. The highest BCUT2D eigenvalue weighted by atomic mass is 35.5. The molecule has 2 aromatic rings. The van der Waals surface area contributed by atoms with Crippen LogP contribution >= 0.6 is 22.9 Å². The Kier molecular flexibility index (Phi) is 4.44. The average molecular weight is 371 g/mol. The van der Waals surface area contributed by atoms with Crippen LogP contribution in [0.3, 0.4) is 0 Å². The van der Waals surface area contributed by atoms with E-state index in [1.165, 1.54) is 11.3 Å². The third-order valence-corrected chi connectivity index (χ3v) is 6.65. The molecule has 23 heavy (non-hydrogen) atoms. The van der Waals surface area contributed by atoms with Crippen molar-refractivity contribution in [3.8, 4) is 11.3 Å². The van der Waals surface area contributed by atoms with Crippen molar-refractivity contribution in [2.75, 3.05) is 16.8 Å². The molecule has 1 fully saturated rings. The smallest absolute Gasteiger partial charge is 0.230 e. The number of anilines is 1. The molecule has 1 unspecified atom stereocenters. The number of aromatic nitrogens is 1. The van der Waals surface area contributed by atoms with E-state index in [0.29, 0.717) is 16.6 Å². The highest BCUT2D eigenvalue weighted by molar-refractivity contribution is 7.91. The monoisotopic (exact) mass is 370 g/mol. The number of hydrogen-bond donors (Lipinski definition) is 1. The van der Waals surface area contributed by atoms with Crippen LogP contribution in [0.15, 0.2) is 24.3 Å². The Morgan fingerprint density at radius 1 is 1.35 bits per heavy atom. The Labute approximate surface area is 143 Å². The molecule has 1 aliphatic rings. The maximum absolute atomic E-state index is 12.2. The number of carbonyl (C=O) groups is 1. The zero-order valence-electron chi connectivity index (χ0n) is 12.4. The molecule has 5 nitrogen and oxygen atoms in total. The Morgan fingerprint density at radius 3 is 2.65 bits per heavy atom. The molecule has 122 valence electrons. The van der Waals surface area contributed by atoms with Crippen LogP contribution < -0.4 is 5.32 Å². The summed E-state index contributed by atoms with van der Waals surface area (Å²) in [5.74, 6) is -0.753. The quantitative estimate of drug-likeness (QED) is 0.900. The van der Waals surface area contributed by atoms with Crippen LogP contribution in [0.2, 0.25) is 5.02 Å². The molecule has 1 aliphatic heterocycles. The summed E-state index contributed by atoms with van der Waals surface area (Å²) in [4.78, 5) is 17.6. The van der Waals surface area contributed by atoms with Gasteiger partial charge in [0.1, 0.15) is 0 Å². The highest BCUT2D eigenvalue weighted by Crippen LogP contribution is 2.31. The second-order valence-electron chi connectivity index (χ2n) is 5.52. The number of amides is 1. The minimum Gasteiger partial charge on any atom is -0.302 e. The number of carbonyl (C=O) groups excluding carboxylic acids is 1. The van der Waals surface area contributed by atoms with Crippen LogP contribution in [0.5, 0.6) is 0 Å². The van der Waals surface area contributed by atoms with Gasteiger partial charge < -0.3 is 5.32 Å². The molecule has 0 saturated carbocycles. The van der Waals surface area contributed by atoms with Gasteiger partial charge in [-0.3, -0.25) is 4.79 Å². The standard InChI is InChI=1S/C15H15ClN2O3S2/c1-9-13(10-2-4-12(16)5-3-10)17-15(22-9)18-14(19)11-6-7-23(20,21)8-11/h2-5,11H,6-8H2,1H3,(H,17,18,19). The van der Waals surface area contributed by atoms with Crippen molar-refractivity contribution in [3.05, 3.63) is 34.2 Å². The number of benzene rings is 1. The van der Waals surface area contributed by atoms with Crippen LogP contribution in [-0.2, 0) is 14.6 Å². The molecule has 0 radical (unpaired) electrons. The van der Waals surface area contributed by atoms with Crippen molar-refractivity contribution in [2.24, 2.45) is 5.92 Å². The van der Waals surface area contributed by atoms with Gasteiger partial charge in [-0.15, -0.1) is 11.3 Å². The number of aryl methyl sites for hydroxylation is 1. The number of nitrogens with zero attached hydrogens (tertiary/aromatic N) is 1. The lowest BCUT2D eigenvalue weighted by molar-refractivity contribution is -0.119. The summed E-state index contributed by atoms with van der Waals surface area (Å²) in [6.07, 6.45) is 0.378. The first-order valence-electron chi connectivity index (χ1n) is 7.09. The predicted octanol–water partition coefficient (Wildman–Crippen LogP) is 3.15. The maximum atomic E-state index is 12.2. The Bertz CT molecular complexity index is 844. The lowest BCUT2D eigenvalue weighted by atomic mass is 10.1. The Morgan fingerprint density at radius 2 is 2.04 bits per heavy atom. The van der Waals surface area contributed by atoms with Crippen molar-refractivity contribution >= 4 is 43.8 Å². The molecule has 2 heterocycles. The molecule has 1 N–H and O–H groups in total. The maximum Gasteiger partial charge on any atom is 0.230 e. The van der Waals surface area contributed by atoms with E-state index in [4.69, 9.17) is 11.6 Å². The predicted molar refractivity (Wildman–Crippen MR) is 92.7 cm³/mol. The van der Waals surface area contributed by atoms with E-state index in [-0.39, 0.29) is 17.4 Å². The topological polar surface area (TPSA) is 76.1 Å². The number of hydrogen-bond acceptors (Lipinski definition) is 5. The summed E-state index contributed by atoms with van der Waals surface area (Å²) < 4.78 is 22.9. The van der Waals surface area contributed by atoms with Crippen LogP contribution in [0.4, 0.5) is 5.13 Å². The first-order valence-corrected chi connectivity index (χ1v) is 10.1. The number of halogens is 1. The molecule has 3 rings (SSSR count). The Hall–Kier alpha value is -1.44. The zero-order valence-corrected chi connectivity index (χ0v) is 14.8. The largest absolute Gasteiger partial charge is 0.302 e. The van der Waals surface area contributed by atoms with E-state index < -0.39 is 15.8 Å². The van der Waals surface area contributed by atoms with Gasteiger partial charge in [-0.1, -0.05) is 23.7 Å². The van der Waals surface area contributed by atoms with Crippen LogP contribution in [-0.4, -0.2) is 30.8 Å². The lowest BCUT2D eigenvalue weighted by Gasteiger charge is -2.06. The third kappa shape index (κ3) is 3.73. The number of rotatable bonds is 3. The second-order valence-corrected chi connectivity index (χ2v) is 9.39. The van der Waals surface area contributed by atoms with Gasteiger partial charge in [0.2, 0.25) is 5.91 Å². The zero-order chi connectivity index (χ0) is 16.6. The lowest BCUT2D eigenvalue weighted by Crippen LogP contribution is -2.23. The fourth-order valence-electron chi connectivity index (χ4n) is 2.53. The van der Waals surface area contributed by atoms with Gasteiger partial charge in [-0.2, -0.15) is 0 Å². The van der Waals surface area contributed by atoms with Crippen molar-refractivity contribution in [3.63, 3.8) is 0 Å². The fourth-order valence-corrected chi connectivity index (χ4v) is 5.24. The highest BCUT2D eigenvalue weighted by Gasteiger charge is 2.33. The fraction of sp³-hybridized carbons (Fsp3) is 0.333. The number of sulfone groups is 1. The summed E-state index contributed by atoms with van der Waals surface area (Å²) in [5, 5.41) is 3.88. The summed E-state index contributed by atoms with van der Waals surface area (Å²) in [6, 6.07) is 7.33. The van der Waals surface area contributed by atoms with E-state index >= 15 is 0 Å². The summed E-state index contributed by atoms with van der Waals surface area (Å²) in [5.41, 5.74) is 1.72. The van der Waals surface area contributed by atoms with Gasteiger partial charge in [0.15, 0.2) is 15.0 Å². The van der Waals surface area contributed by atoms with Gasteiger partial charge in [0, 0.05) is 15.5 Å². The van der Waals surface area contributed by atoms with E-state index in [1.807, 2.05) is 19.1 Å². The third-order valence-electron chi connectivity index (χ3n) is 3.75. The molecular formula is C15H15ClN2O3S2. The molecule has 1 atom stereocenters. The SMILES string of the molecule is Cc1sc(NC(=O)C2CCS(=O)(=O)C2)nc1-c1ccc(Cl)cc1. The van der Waals surface area contributed by atoms with Crippen molar-refractivity contribution in [1.82, 2.24) is 4.98 Å². The second kappa shape index (κ2) is 6.22. The molecule has 0 aliphatic carbocycles. The van der Waals surface area contributed by atoms with Crippen LogP contribution in [0, 0.1) is 12.8 Å². The molecule has 0 bridgehead atoms. The molecule has 1 aromatic heterocycles. The van der Waals surface area contributed by atoms with Crippen molar-refractivity contribution in [1.29, 1.82) is 0 Å². The van der Waals surface area contributed by atoms with Gasteiger partial charge >= 0.3 is 0 Å². The number of nitrogens with one attached hydrogen (secondary N) is 1. The minimum atomic E-state index is -3.07.